The van der Waals surface area contributed by atoms with Gasteiger partial charge in [-0.2, -0.15) is 0 Å². The molecule has 0 aliphatic heterocycles. The minimum Gasteiger partial charge on any atom is -0.377 e. The number of terminal acetylenes is 1. The largest absolute Gasteiger partial charge is 0.377 e. The highest BCUT2D eigenvalue weighted by atomic mass is 127. The van der Waals surface area contributed by atoms with Crippen LogP contribution < -0.4 is 0 Å². The van der Waals surface area contributed by atoms with Crippen molar-refractivity contribution in [3.8, 4) is 12.3 Å². The molecule has 0 fully saturated rings. The highest BCUT2D eigenvalue weighted by Crippen LogP contribution is 2.12. The number of rotatable bonds is 5. The van der Waals surface area contributed by atoms with Crippen LogP contribution in [0, 0.1) is 15.9 Å². The van der Waals surface area contributed by atoms with E-state index in [4.69, 9.17) is 11.2 Å². The molecule has 0 amide bonds. The number of hydrogen-bond donors (Lipinski definition) is 0. The van der Waals surface area contributed by atoms with E-state index in [0.29, 0.717) is 6.61 Å². The lowest BCUT2D eigenvalue weighted by atomic mass is 10.2. The van der Waals surface area contributed by atoms with E-state index in [1.165, 1.54) is 9.13 Å². The Morgan fingerprint density at radius 2 is 2.14 bits per heavy atom. The summed E-state index contributed by atoms with van der Waals surface area (Å²) >= 11 is 2.32. The molecule has 0 saturated heterocycles. The van der Waals surface area contributed by atoms with Gasteiger partial charge in [-0.3, -0.25) is 0 Å². The lowest BCUT2D eigenvalue weighted by molar-refractivity contribution is 0.119. The van der Waals surface area contributed by atoms with Gasteiger partial charge >= 0.3 is 0 Å². The monoisotopic (exact) mass is 300 g/mol. The highest BCUT2D eigenvalue weighted by Gasteiger charge is 1.97. The molecule has 2 heteroatoms. The van der Waals surface area contributed by atoms with Crippen molar-refractivity contribution in [2.24, 2.45) is 0 Å². The van der Waals surface area contributed by atoms with Gasteiger partial charge < -0.3 is 4.74 Å². The number of hydrogen-bond acceptors (Lipinski definition) is 1. The molecule has 1 nitrogen and oxygen atoms in total. The summed E-state index contributed by atoms with van der Waals surface area (Å²) in [6.07, 6.45) is 6.88. The summed E-state index contributed by atoms with van der Waals surface area (Å²) in [6.45, 7) is 1.43. The van der Waals surface area contributed by atoms with E-state index in [1.54, 1.807) is 0 Å². The van der Waals surface area contributed by atoms with Crippen molar-refractivity contribution in [3.05, 3.63) is 33.4 Å². The van der Waals surface area contributed by atoms with Gasteiger partial charge in [0, 0.05) is 16.6 Å². The van der Waals surface area contributed by atoms with Gasteiger partial charge in [0.05, 0.1) is 6.61 Å². The predicted molar refractivity (Wildman–Crippen MR) is 66.9 cm³/mol. The summed E-state index contributed by atoms with van der Waals surface area (Å²) < 4.78 is 6.75. The molecule has 0 bridgehead atoms. The van der Waals surface area contributed by atoms with Gasteiger partial charge in [-0.05, 0) is 40.6 Å². The first kappa shape index (κ1) is 11.5. The molecule has 0 aliphatic carbocycles. The third-order valence-corrected chi connectivity index (χ3v) is 2.88. The number of benzene rings is 1. The predicted octanol–water partition coefficient (Wildman–Crippen LogP) is 3.22. The lowest BCUT2D eigenvalue weighted by Gasteiger charge is -2.04. The summed E-state index contributed by atoms with van der Waals surface area (Å²) in [5, 5.41) is 0. The molecule has 14 heavy (non-hydrogen) atoms. The molecule has 1 aromatic rings. The summed E-state index contributed by atoms with van der Waals surface area (Å²) in [4.78, 5) is 0. The molecule has 0 N–H and O–H groups in total. The van der Waals surface area contributed by atoms with E-state index in [2.05, 4.69) is 40.6 Å². The molecule has 0 unspecified atom stereocenters. The van der Waals surface area contributed by atoms with E-state index in [9.17, 15) is 0 Å². The zero-order valence-electron chi connectivity index (χ0n) is 8.00. The van der Waals surface area contributed by atoms with Crippen LogP contribution in [0.3, 0.4) is 0 Å². The van der Waals surface area contributed by atoms with Crippen LogP contribution >= 0.6 is 22.6 Å². The van der Waals surface area contributed by atoms with Crippen LogP contribution in [0.15, 0.2) is 24.3 Å². The first-order valence-corrected chi connectivity index (χ1v) is 5.67. The molecule has 0 heterocycles. The molecule has 74 valence electrons. The minimum atomic E-state index is 0.684. The van der Waals surface area contributed by atoms with Crippen molar-refractivity contribution < 1.29 is 4.74 Å². The van der Waals surface area contributed by atoms with E-state index < -0.39 is 0 Å². The van der Waals surface area contributed by atoms with Crippen LogP contribution in [0.1, 0.15) is 18.4 Å². The van der Waals surface area contributed by atoms with Gasteiger partial charge in [0.1, 0.15) is 0 Å². The van der Waals surface area contributed by atoms with Gasteiger partial charge in [-0.15, -0.1) is 12.3 Å². The zero-order chi connectivity index (χ0) is 10.2. The van der Waals surface area contributed by atoms with Crippen molar-refractivity contribution >= 4 is 22.6 Å². The van der Waals surface area contributed by atoms with Crippen molar-refractivity contribution in [2.75, 3.05) is 6.61 Å². The standard InChI is InChI=1S/C12H13IO/c1-2-3-6-9-14-10-11-7-4-5-8-12(11)13/h1,4-5,7-8H,3,6,9-10H2. The average molecular weight is 300 g/mol. The quantitative estimate of drug-likeness (QED) is 0.461. The Bertz CT molecular complexity index is 314. The smallest absolute Gasteiger partial charge is 0.0727 e. The maximum Gasteiger partial charge on any atom is 0.0727 e. The minimum absolute atomic E-state index is 0.684. The fourth-order valence-electron chi connectivity index (χ4n) is 1.07. The Labute approximate surface area is 99.0 Å². The Morgan fingerprint density at radius 3 is 2.86 bits per heavy atom. The second-order valence-corrected chi connectivity index (χ2v) is 4.11. The zero-order valence-corrected chi connectivity index (χ0v) is 10.2. The molecular weight excluding hydrogens is 287 g/mol. The summed E-state index contributed by atoms with van der Waals surface area (Å²) in [7, 11) is 0. The normalized spacial score (nSPS) is 9.71. The number of halogens is 1. The van der Waals surface area contributed by atoms with Crippen molar-refractivity contribution in [3.63, 3.8) is 0 Å². The SMILES string of the molecule is C#CCCCOCc1ccccc1I. The van der Waals surface area contributed by atoms with Crippen molar-refractivity contribution in [1.29, 1.82) is 0 Å². The molecule has 0 aliphatic rings. The molecule has 0 aromatic heterocycles. The molecule has 0 spiro atoms. The molecule has 0 atom stereocenters. The second kappa shape index (κ2) is 6.86. The maximum absolute atomic E-state index is 5.50. The highest BCUT2D eigenvalue weighted by molar-refractivity contribution is 14.1. The van der Waals surface area contributed by atoms with E-state index >= 15 is 0 Å². The Kier molecular flexibility index (Phi) is 5.65. The fourth-order valence-corrected chi connectivity index (χ4v) is 1.62. The first-order chi connectivity index (χ1) is 6.84. The third-order valence-electron chi connectivity index (χ3n) is 1.83. The van der Waals surface area contributed by atoms with E-state index in [1.807, 2.05) is 12.1 Å². The van der Waals surface area contributed by atoms with E-state index in [-0.39, 0.29) is 0 Å². The fraction of sp³-hybridized carbons (Fsp3) is 0.333. The van der Waals surface area contributed by atoms with Crippen LogP contribution in [0.25, 0.3) is 0 Å². The first-order valence-electron chi connectivity index (χ1n) is 4.59. The molecule has 0 saturated carbocycles. The second-order valence-electron chi connectivity index (χ2n) is 2.95. The molecular formula is C12H13IO. The van der Waals surface area contributed by atoms with Gasteiger partial charge in [0.2, 0.25) is 0 Å². The number of ether oxygens (including phenoxy) is 1. The molecule has 1 aromatic carbocycles. The maximum atomic E-state index is 5.50. The van der Waals surface area contributed by atoms with Crippen LogP contribution in [-0.2, 0) is 11.3 Å². The lowest BCUT2D eigenvalue weighted by Crippen LogP contribution is -1.96. The average Bonchev–Trinajstić information content (AvgIpc) is 2.20. The molecule has 1 rings (SSSR count). The van der Waals surface area contributed by atoms with Crippen LogP contribution in [-0.4, -0.2) is 6.61 Å². The summed E-state index contributed by atoms with van der Waals surface area (Å²) in [5.74, 6) is 2.60. The third kappa shape index (κ3) is 4.12. The summed E-state index contributed by atoms with van der Waals surface area (Å²) in [5.41, 5.74) is 1.24. The van der Waals surface area contributed by atoms with Crippen LogP contribution in [0.4, 0.5) is 0 Å². The Hall–Kier alpha value is -0.530. The van der Waals surface area contributed by atoms with Gasteiger partial charge in [-0.1, -0.05) is 18.2 Å². The Morgan fingerprint density at radius 1 is 1.36 bits per heavy atom. The summed E-state index contributed by atoms with van der Waals surface area (Å²) in [6, 6.07) is 8.23. The molecule has 0 radical (unpaired) electrons. The van der Waals surface area contributed by atoms with Crippen LogP contribution in [0.5, 0.6) is 0 Å². The van der Waals surface area contributed by atoms with E-state index in [0.717, 1.165) is 19.4 Å². The topological polar surface area (TPSA) is 9.23 Å². The van der Waals surface area contributed by atoms with Crippen molar-refractivity contribution in [1.82, 2.24) is 0 Å². The van der Waals surface area contributed by atoms with Gasteiger partial charge in [-0.25, -0.2) is 0 Å². The Balaban J connectivity index is 2.25. The number of unbranched alkanes of at least 4 members (excludes halogenated alkanes) is 1. The van der Waals surface area contributed by atoms with Gasteiger partial charge in [0.25, 0.3) is 0 Å². The van der Waals surface area contributed by atoms with Crippen LogP contribution in [0.2, 0.25) is 0 Å². The van der Waals surface area contributed by atoms with Crippen molar-refractivity contribution in [2.45, 2.75) is 19.4 Å². The van der Waals surface area contributed by atoms with Gasteiger partial charge in [0.15, 0.2) is 0 Å².